The molecular formula is C10H15ClN2OS. The van der Waals surface area contributed by atoms with Crippen LogP contribution in [0.2, 0.25) is 5.02 Å². The van der Waals surface area contributed by atoms with Gasteiger partial charge in [-0.05, 0) is 37.9 Å². The summed E-state index contributed by atoms with van der Waals surface area (Å²) in [5.41, 5.74) is 0.960. The molecule has 0 fully saturated rings. The van der Waals surface area contributed by atoms with Crippen LogP contribution < -0.4 is 10.6 Å². The van der Waals surface area contributed by atoms with Crippen molar-refractivity contribution in [2.45, 2.75) is 13.3 Å². The summed E-state index contributed by atoms with van der Waals surface area (Å²) in [5, 5.41) is 8.33. The van der Waals surface area contributed by atoms with E-state index in [1.165, 1.54) is 11.3 Å². The van der Waals surface area contributed by atoms with Crippen LogP contribution in [0.15, 0.2) is 5.38 Å². The molecule has 15 heavy (non-hydrogen) atoms. The minimum absolute atomic E-state index is 0.0748. The normalized spacial score (nSPS) is 10.3. The third-order valence-electron chi connectivity index (χ3n) is 1.99. The summed E-state index contributed by atoms with van der Waals surface area (Å²) in [5.74, 6) is -0.0748. The highest BCUT2D eigenvalue weighted by Crippen LogP contribution is 2.26. The highest BCUT2D eigenvalue weighted by Gasteiger charge is 2.13. The van der Waals surface area contributed by atoms with Crippen molar-refractivity contribution in [2.24, 2.45) is 0 Å². The third-order valence-corrected chi connectivity index (χ3v) is 3.69. The number of carbonyl (C=O) groups excluding carboxylic acids is 1. The number of carbonyl (C=O) groups is 1. The molecule has 0 aliphatic heterocycles. The Balaban J connectivity index is 2.44. The van der Waals surface area contributed by atoms with E-state index in [9.17, 15) is 4.79 Å². The molecule has 0 aromatic carbocycles. The van der Waals surface area contributed by atoms with Crippen molar-refractivity contribution in [1.29, 1.82) is 0 Å². The van der Waals surface area contributed by atoms with E-state index >= 15 is 0 Å². The SMILES string of the molecule is CNCCCNC(=O)c1scc(C)c1Cl. The van der Waals surface area contributed by atoms with Gasteiger partial charge in [-0.15, -0.1) is 11.3 Å². The maximum atomic E-state index is 11.6. The van der Waals surface area contributed by atoms with E-state index in [1.54, 1.807) is 0 Å². The fraction of sp³-hybridized carbons (Fsp3) is 0.500. The van der Waals surface area contributed by atoms with Crippen LogP contribution in [0.25, 0.3) is 0 Å². The van der Waals surface area contributed by atoms with Gasteiger partial charge in [0.1, 0.15) is 4.88 Å². The van der Waals surface area contributed by atoms with Gasteiger partial charge >= 0.3 is 0 Å². The number of nitrogens with one attached hydrogen (secondary N) is 2. The molecule has 5 heteroatoms. The van der Waals surface area contributed by atoms with Crippen LogP contribution in [0.5, 0.6) is 0 Å². The molecule has 0 spiro atoms. The zero-order valence-corrected chi connectivity index (χ0v) is 10.5. The molecule has 0 aliphatic carbocycles. The lowest BCUT2D eigenvalue weighted by molar-refractivity contribution is 0.0957. The van der Waals surface area contributed by atoms with E-state index in [-0.39, 0.29) is 5.91 Å². The summed E-state index contributed by atoms with van der Waals surface area (Å²) in [6.07, 6.45) is 0.921. The molecule has 2 N–H and O–H groups in total. The van der Waals surface area contributed by atoms with Crippen LogP contribution in [-0.4, -0.2) is 26.0 Å². The average molecular weight is 247 g/mol. The van der Waals surface area contributed by atoms with E-state index in [4.69, 9.17) is 11.6 Å². The molecule has 1 aromatic heterocycles. The summed E-state index contributed by atoms with van der Waals surface area (Å²) in [6.45, 7) is 3.47. The van der Waals surface area contributed by atoms with Gasteiger partial charge in [-0.1, -0.05) is 11.6 Å². The van der Waals surface area contributed by atoms with Crippen molar-refractivity contribution < 1.29 is 4.79 Å². The smallest absolute Gasteiger partial charge is 0.262 e. The second-order valence-electron chi connectivity index (χ2n) is 3.27. The van der Waals surface area contributed by atoms with Gasteiger partial charge in [0.15, 0.2) is 0 Å². The van der Waals surface area contributed by atoms with E-state index in [2.05, 4.69) is 10.6 Å². The van der Waals surface area contributed by atoms with Gasteiger partial charge in [0.25, 0.3) is 5.91 Å². The monoisotopic (exact) mass is 246 g/mol. The van der Waals surface area contributed by atoms with E-state index in [0.29, 0.717) is 16.4 Å². The fourth-order valence-corrected chi connectivity index (χ4v) is 2.33. The number of halogens is 1. The Labute approximate surface area is 98.8 Å². The van der Waals surface area contributed by atoms with Crippen LogP contribution in [-0.2, 0) is 0 Å². The van der Waals surface area contributed by atoms with Crippen LogP contribution in [0.3, 0.4) is 0 Å². The van der Waals surface area contributed by atoms with Gasteiger partial charge in [0.2, 0.25) is 0 Å². The summed E-state index contributed by atoms with van der Waals surface area (Å²) in [4.78, 5) is 12.2. The molecule has 1 aromatic rings. The maximum absolute atomic E-state index is 11.6. The van der Waals surface area contributed by atoms with Crippen molar-refractivity contribution in [2.75, 3.05) is 20.1 Å². The molecule has 0 saturated heterocycles. The number of hydrogen-bond acceptors (Lipinski definition) is 3. The minimum atomic E-state index is -0.0748. The second kappa shape index (κ2) is 6.10. The molecule has 0 aliphatic rings. The van der Waals surface area contributed by atoms with Gasteiger partial charge in [-0.25, -0.2) is 0 Å². The first-order valence-corrected chi connectivity index (χ1v) is 6.09. The molecule has 1 heterocycles. The minimum Gasteiger partial charge on any atom is -0.351 e. The first-order valence-electron chi connectivity index (χ1n) is 4.83. The number of thiophene rings is 1. The fourth-order valence-electron chi connectivity index (χ4n) is 1.13. The Kier molecular flexibility index (Phi) is 5.08. The predicted molar refractivity (Wildman–Crippen MR) is 64.9 cm³/mol. The standard InChI is InChI=1S/C10H15ClN2OS/c1-7-6-15-9(8(7)11)10(14)13-5-3-4-12-2/h6,12H,3-5H2,1-2H3,(H,13,14). The van der Waals surface area contributed by atoms with Gasteiger partial charge in [0, 0.05) is 6.54 Å². The lowest BCUT2D eigenvalue weighted by atomic mass is 10.3. The molecule has 1 amide bonds. The summed E-state index contributed by atoms with van der Waals surface area (Å²) in [7, 11) is 1.89. The Morgan fingerprint density at radius 3 is 2.80 bits per heavy atom. The maximum Gasteiger partial charge on any atom is 0.262 e. The molecule has 3 nitrogen and oxygen atoms in total. The highest BCUT2D eigenvalue weighted by atomic mass is 35.5. The summed E-state index contributed by atoms with van der Waals surface area (Å²) >= 11 is 7.37. The predicted octanol–water partition coefficient (Wildman–Crippen LogP) is 2.05. The van der Waals surface area contributed by atoms with Crippen molar-refractivity contribution in [3.63, 3.8) is 0 Å². The number of rotatable bonds is 5. The van der Waals surface area contributed by atoms with E-state index in [0.717, 1.165) is 18.5 Å². The molecule has 0 saturated carbocycles. The zero-order chi connectivity index (χ0) is 11.3. The van der Waals surface area contributed by atoms with Gasteiger partial charge < -0.3 is 10.6 Å². The Bertz CT molecular complexity index is 338. The lowest BCUT2D eigenvalue weighted by Crippen LogP contribution is -2.26. The van der Waals surface area contributed by atoms with Gasteiger partial charge in [0.05, 0.1) is 5.02 Å². The Morgan fingerprint density at radius 1 is 1.53 bits per heavy atom. The first kappa shape index (κ1) is 12.5. The van der Waals surface area contributed by atoms with Crippen LogP contribution >= 0.6 is 22.9 Å². The summed E-state index contributed by atoms with van der Waals surface area (Å²) < 4.78 is 0. The molecule has 0 bridgehead atoms. The largest absolute Gasteiger partial charge is 0.351 e. The lowest BCUT2D eigenvalue weighted by Gasteiger charge is -2.03. The third kappa shape index (κ3) is 3.48. The summed E-state index contributed by atoms with van der Waals surface area (Å²) in [6, 6.07) is 0. The molecular weight excluding hydrogens is 232 g/mol. The quantitative estimate of drug-likeness (QED) is 0.781. The Hall–Kier alpha value is -0.580. The van der Waals surface area contributed by atoms with Crippen molar-refractivity contribution >= 4 is 28.8 Å². The topological polar surface area (TPSA) is 41.1 Å². The number of amides is 1. The second-order valence-corrected chi connectivity index (χ2v) is 4.53. The van der Waals surface area contributed by atoms with Gasteiger partial charge in [-0.3, -0.25) is 4.79 Å². The van der Waals surface area contributed by atoms with Gasteiger partial charge in [-0.2, -0.15) is 0 Å². The first-order chi connectivity index (χ1) is 7.16. The number of aryl methyl sites for hydroxylation is 1. The molecule has 0 atom stereocenters. The van der Waals surface area contributed by atoms with Crippen LogP contribution in [0.4, 0.5) is 0 Å². The van der Waals surface area contributed by atoms with Crippen molar-refractivity contribution in [3.8, 4) is 0 Å². The zero-order valence-electron chi connectivity index (χ0n) is 8.89. The highest BCUT2D eigenvalue weighted by molar-refractivity contribution is 7.13. The number of hydrogen-bond donors (Lipinski definition) is 2. The van der Waals surface area contributed by atoms with E-state index in [1.807, 2.05) is 19.4 Å². The van der Waals surface area contributed by atoms with Crippen molar-refractivity contribution in [1.82, 2.24) is 10.6 Å². The van der Waals surface area contributed by atoms with Crippen molar-refractivity contribution in [3.05, 3.63) is 20.8 Å². The van der Waals surface area contributed by atoms with Crippen LogP contribution in [0.1, 0.15) is 21.7 Å². The molecule has 0 unspecified atom stereocenters. The van der Waals surface area contributed by atoms with E-state index < -0.39 is 0 Å². The van der Waals surface area contributed by atoms with Crippen LogP contribution in [0, 0.1) is 6.92 Å². The Morgan fingerprint density at radius 2 is 2.27 bits per heavy atom. The molecule has 1 rings (SSSR count). The molecule has 0 radical (unpaired) electrons. The molecule has 84 valence electrons. The average Bonchev–Trinajstić information content (AvgIpc) is 2.55.